The van der Waals surface area contributed by atoms with Crippen molar-refractivity contribution in [3.63, 3.8) is 0 Å². The summed E-state index contributed by atoms with van der Waals surface area (Å²) < 4.78 is 0. The SMILES string of the molecule is C=C(C=N)c1ccc2nc(N)[nH]c2c1. The van der Waals surface area contributed by atoms with E-state index in [0.717, 1.165) is 16.6 Å². The van der Waals surface area contributed by atoms with Gasteiger partial charge in [0.1, 0.15) is 0 Å². The van der Waals surface area contributed by atoms with Gasteiger partial charge in [-0.15, -0.1) is 0 Å². The molecule has 2 rings (SSSR count). The third-order valence-electron chi connectivity index (χ3n) is 2.05. The van der Waals surface area contributed by atoms with Crippen LogP contribution >= 0.6 is 0 Å². The van der Waals surface area contributed by atoms with Crippen LogP contribution in [-0.4, -0.2) is 16.2 Å². The Morgan fingerprint density at radius 2 is 2.36 bits per heavy atom. The van der Waals surface area contributed by atoms with Gasteiger partial charge in [0.15, 0.2) is 5.95 Å². The number of nitrogens with zero attached hydrogens (tertiary/aromatic N) is 1. The summed E-state index contributed by atoms with van der Waals surface area (Å²) in [7, 11) is 0. The predicted octanol–water partition coefficient (Wildman–Crippen LogP) is 1.81. The van der Waals surface area contributed by atoms with E-state index in [-0.39, 0.29) is 0 Å². The smallest absolute Gasteiger partial charge is 0.198 e. The molecule has 0 aliphatic rings. The number of nitrogen functional groups attached to an aromatic ring is 1. The molecule has 70 valence electrons. The van der Waals surface area contributed by atoms with Crippen LogP contribution in [0.25, 0.3) is 16.6 Å². The van der Waals surface area contributed by atoms with E-state index in [0.29, 0.717) is 11.5 Å². The van der Waals surface area contributed by atoms with Crippen LogP contribution < -0.4 is 5.73 Å². The van der Waals surface area contributed by atoms with E-state index in [2.05, 4.69) is 16.5 Å². The third-order valence-corrected chi connectivity index (χ3v) is 2.05. The zero-order valence-electron chi connectivity index (χ0n) is 7.54. The van der Waals surface area contributed by atoms with Gasteiger partial charge in [0.2, 0.25) is 0 Å². The minimum absolute atomic E-state index is 0.401. The second-order valence-electron chi connectivity index (χ2n) is 3.02. The van der Waals surface area contributed by atoms with Gasteiger partial charge in [0.25, 0.3) is 0 Å². The van der Waals surface area contributed by atoms with E-state index < -0.39 is 0 Å². The highest BCUT2D eigenvalue weighted by Crippen LogP contribution is 2.18. The van der Waals surface area contributed by atoms with E-state index in [4.69, 9.17) is 11.1 Å². The number of hydrogen-bond donors (Lipinski definition) is 3. The Hall–Kier alpha value is -2.10. The maximum atomic E-state index is 7.08. The zero-order chi connectivity index (χ0) is 10.1. The van der Waals surface area contributed by atoms with Crippen LogP contribution in [0.2, 0.25) is 0 Å². The summed E-state index contributed by atoms with van der Waals surface area (Å²) in [5, 5.41) is 7.08. The number of fused-ring (bicyclic) bond motifs is 1. The number of nitrogens with one attached hydrogen (secondary N) is 2. The fourth-order valence-electron chi connectivity index (χ4n) is 1.31. The first-order chi connectivity index (χ1) is 6.70. The van der Waals surface area contributed by atoms with Gasteiger partial charge in [0, 0.05) is 6.21 Å². The average molecular weight is 186 g/mol. The molecule has 0 amide bonds. The molecule has 0 radical (unpaired) electrons. The van der Waals surface area contributed by atoms with Gasteiger partial charge in [-0.25, -0.2) is 4.98 Å². The first kappa shape index (κ1) is 8.50. The molecule has 1 aromatic heterocycles. The van der Waals surface area contributed by atoms with Crippen molar-refractivity contribution in [3.05, 3.63) is 30.3 Å². The first-order valence-electron chi connectivity index (χ1n) is 4.15. The molecule has 0 spiro atoms. The van der Waals surface area contributed by atoms with E-state index in [9.17, 15) is 0 Å². The summed E-state index contributed by atoms with van der Waals surface area (Å²) in [6.07, 6.45) is 1.22. The van der Waals surface area contributed by atoms with Crippen molar-refractivity contribution < 1.29 is 0 Å². The van der Waals surface area contributed by atoms with Crippen LogP contribution in [0.5, 0.6) is 0 Å². The largest absolute Gasteiger partial charge is 0.369 e. The predicted molar refractivity (Wildman–Crippen MR) is 58.3 cm³/mol. The van der Waals surface area contributed by atoms with Crippen molar-refractivity contribution in [2.75, 3.05) is 5.73 Å². The quantitative estimate of drug-likeness (QED) is 0.625. The summed E-state index contributed by atoms with van der Waals surface area (Å²) in [4.78, 5) is 7.00. The van der Waals surface area contributed by atoms with Gasteiger partial charge >= 0.3 is 0 Å². The Kier molecular flexibility index (Phi) is 1.81. The lowest BCUT2D eigenvalue weighted by molar-refractivity contribution is 1.35. The number of benzene rings is 1. The lowest BCUT2D eigenvalue weighted by Crippen LogP contribution is -1.84. The standard InChI is InChI=1S/C10H10N4/c1-6(5-11)7-2-3-8-9(4-7)14-10(12)13-8/h2-5,11H,1H2,(H3,12,13,14). The lowest BCUT2D eigenvalue weighted by Gasteiger charge is -1.97. The lowest BCUT2D eigenvalue weighted by atomic mass is 10.1. The van der Waals surface area contributed by atoms with Gasteiger partial charge in [-0.05, 0) is 23.3 Å². The summed E-state index contributed by atoms with van der Waals surface area (Å²) in [6.45, 7) is 3.75. The van der Waals surface area contributed by atoms with Crippen LogP contribution in [0.3, 0.4) is 0 Å². The molecular formula is C10H10N4. The van der Waals surface area contributed by atoms with E-state index in [1.54, 1.807) is 0 Å². The second kappa shape index (κ2) is 2.99. The Bertz CT molecular complexity index is 510. The Balaban J connectivity index is 2.61. The molecule has 0 fully saturated rings. The van der Waals surface area contributed by atoms with E-state index in [1.165, 1.54) is 6.21 Å². The van der Waals surface area contributed by atoms with Crippen LogP contribution in [0.15, 0.2) is 24.8 Å². The molecule has 0 aliphatic carbocycles. The Morgan fingerprint density at radius 1 is 1.57 bits per heavy atom. The molecule has 4 heteroatoms. The zero-order valence-corrected chi connectivity index (χ0v) is 7.54. The number of allylic oxidation sites excluding steroid dienone is 1. The minimum Gasteiger partial charge on any atom is -0.369 e. The number of imidazole rings is 1. The van der Waals surface area contributed by atoms with Crippen LogP contribution in [0.1, 0.15) is 5.56 Å². The molecule has 0 saturated carbocycles. The molecule has 0 atom stereocenters. The topological polar surface area (TPSA) is 78.6 Å². The van der Waals surface area contributed by atoms with Gasteiger partial charge in [0.05, 0.1) is 11.0 Å². The molecule has 14 heavy (non-hydrogen) atoms. The van der Waals surface area contributed by atoms with Gasteiger partial charge < -0.3 is 16.1 Å². The maximum absolute atomic E-state index is 7.08. The summed E-state index contributed by atoms with van der Waals surface area (Å²) in [6, 6.07) is 5.61. The molecule has 4 N–H and O–H groups in total. The molecule has 0 bridgehead atoms. The molecule has 4 nitrogen and oxygen atoms in total. The normalized spacial score (nSPS) is 10.3. The molecule has 0 unspecified atom stereocenters. The summed E-state index contributed by atoms with van der Waals surface area (Å²) >= 11 is 0. The van der Waals surface area contributed by atoms with Crippen LogP contribution in [0, 0.1) is 5.41 Å². The van der Waals surface area contributed by atoms with Crippen molar-refractivity contribution in [2.24, 2.45) is 0 Å². The third kappa shape index (κ3) is 1.26. The van der Waals surface area contributed by atoms with Crippen molar-refractivity contribution in [1.82, 2.24) is 9.97 Å². The van der Waals surface area contributed by atoms with Gasteiger partial charge in [-0.2, -0.15) is 0 Å². The molecule has 1 heterocycles. The highest BCUT2D eigenvalue weighted by Gasteiger charge is 2.01. The molecular weight excluding hydrogens is 176 g/mol. The average Bonchev–Trinajstić information content (AvgIpc) is 2.55. The molecule has 0 saturated heterocycles. The van der Waals surface area contributed by atoms with Crippen molar-refractivity contribution >= 4 is 28.8 Å². The first-order valence-corrected chi connectivity index (χ1v) is 4.15. The van der Waals surface area contributed by atoms with Crippen LogP contribution in [0.4, 0.5) is 5.95 Å². The number of rotatable bonds is 2. The van der Waals surface area contributed by atoms with Crippen molar-refractivity contribution in [3.8, 4) is 0 Å². The second-order valence-corrected chi connectivity index (χ2v) is 3.02. The fourth-order valence-corrected chi connectivity index (χ4v) is 1.31. The van der Waals surface area contributed by atoms with Gasteiger partial charge in [-0.3, -0.25) is 0 Å². The fraction of sp³-hybridized carbons (Fsp3) is 0. The number of hydrogen-bond acceptors (Lipinski definition) is 3. The number of aromatic amines is 1. The molecule has 1 aromatic carbocycles. The van der Waals surface area contributed by atoms with E-state index in [1.807, 2.05) is 18.2 Å². The Morgan fingerprint density at radius 3 is 3.07 bits per heavy atom. The Labute approximate surface area is 81.0 Å². The number of nitrogens with two attached hydrogens (primary N) is 1. The highest BCUT2D eigenvalue weighted by molar-refractivity contribution is 6.08. The van der Waals surface area contributed by atoms with Crippen molar-refractivity contribution in [1.29, 1.82) is 5.41 Å². The summed E-state index contributed by atoms with van der Waals surface area (Å²) in [5.74, 6) is 0.401. The number of anilines is 1. The van der Waals surface area contributed by atoms with Crippen LogP contribution in [-0.2, 0) is 0 Å². The number of aromatic nitrogens is 2. The maximum Gasteiger partial charge on any atom is 0.198 e. The summed E-state index contributed by atoms with van der Waals surface area (Å²) in [5.41, 5.74) is 8.77. The van der Waals surface area contributed by atoms with E-state index >= 15 is 0 Å². The molecule has 2 aromatic rings. The number of H-pyrrole nitrogens is 1. The molecule has 0 aliphatic heterocycles. The van der Waals surface area contributed by atoms with Crippen molar-refractivity contribution in [2.45, 2.75) is 0 Å². The monoisotopic (exact) mass is 186 g/mol. The van der Waals surface area contributed by atoms with Gasteiger partial charge in [-0.1, -0.05) is 12.6 Å². The minimum atomic E-state index is 0.401. The highest BCUT2D eigenvalue weighted by atomic mass is 15.0.